The number of fused-ring (bicyclic) bond motifs is 1. The van der Waals surface area contributed by atoms with Gasteiger partial charge in [-0.2, -0.15) is 5.26 Å². The van der Waals surface area contributed by atoms with Crippen molar-refractivity contribution in [3.63, 3.8) is 0 Å². The molecule has 3 aromatic rings. The van der Waals surface area contributed by atoms with Crippen LogP contribution in [0.15, 0.2) is 48.5 Å². The van der Waals surface area contributed by atoms with Crippen LogP contribution in [0.25, 0.3) is 16.7 Å². The first-order valence-electron chi connectivity index (χ1n) is 5.19. The minimum Gasteiger partial charge on any atom is -0.213 e. The van der Waals surface area contributed by atoms with Gasteiger partial charge >= 0.3 is 0 Å². The third-order valence-corrected chi connectivity index (χ3v) is 2.58. The molecule has 3 rings (SSSR count). The number of nitriles is 1. The molecule has 0 bridgehead atoms. The van der Waals surface area contributed by atoms with Gasteiger partial charge in [0.15, 0.2) is 0 Å². The number of aromatic nitrogens is 3. The third-order valence-electron chi connectivity index (χ3n) is 2.58. The first-order chi connectivity index (χ1) is 8.38. The van der Waals surface area contributed by atoms with Crippen LogP contribution in [0, 0.1) is 11.3 Å². The van der Waals surface area contributed by atoms with Gasteiger partial charge < -0.3 is 0 Å². The molecule has 0 aliphatic heterocycles. The van der Waals surface area contributed by atoms with Crippen LogP contribution in [0.1, 0.15) is 5.56 Å². The molecule has 0 saturated heterocycles. The second-order valence-corrected chi connectivity index (χ2v) is 3.65. The van der Waals surface area contributed by atoms with Crippen molar-refractivity contribution >= 4 is 11.0 Å². The SMILES string of the molecule is N#Cc1ccc2nnn(-c3ccccc3)c2c1. The van der Waals surface area contributed by atoms with Crippen LogP contribution < -0.4 is 0 Å². The van der Waals surface area contributed by atoms with Gasteiger partial charge in [-0.3, -0.25) is 0 Å². The summed E-state index contributed by atoms with van der Waals surface area (Å²) in [7, 11) is 0. The van der Waals surface area contributed by atoms with Crippen molar-refractivity contribution in [1.82, 2.24) is 15.0 Å². The molecule has 0 amide bonds. The zero-order chi connectivity index (χ0) is 11.7. The van der Waals surface area contributed by atoms with Crippen molar-refractivity contribution in [3.05, 3.63) is 54.1 Å². The molecule has 1 aromatic heterocycles. The molecule has 0 unspecified atom stereocenters. The number of benzene rings is 2. The lowest BCUT2D eigenvalue weighted by atomic mass is 10.2. The molecular formula is C13H8N4. The molecule has 0 radical (unpaired) electrons. The Kier molecular flexibility index (Phi) is 2.09. The van der Waals surface area contributed by atoms with Gasteiger partial charge in [0.05, 0.1) is 22.8 Å². The number of hydrogen-bond donors (Lipinski definition) is 0. The predicted octanol–water partition coefficient (Wildman–Crippen LogP) is 2.29. The van der Waals surface area contributed by atoms with Crippen LogP contribution in [0.4, 0.5) is 0 Å². The van der Waals surface area contributed by atoms with E-state index < -0.39 is 0 Å². The molecule has 0 spiro atoms. The van der Waals surface area contributed by atoms with Gasteiger partial charge in [0.1, 0.15) is 5.52 Å². The first-order valence-corrected chi connectivity index (χ1v) is 5.19. The highest BCUT2D eigenvalue weighted by Crippen LogP contribution is 2.17. The molecule has 0 aliphatic carbocycles. The molecule has 17 heavy (non-hydrogen) atoms. The molecule has 80 valence electrons. The summed E-state index contributed by atoms with van der Waals surface area (Å²) in [5.41, 5.74) is 3.17. The van der Waals surface area contributed by atoms with E-state index in [2.05, 4.69) is 16.4 Å². The summed E-state index contributed by atoms with van der Waals surface area (Å²) < 4.78 is 1.73. The third kappa shape index (κ3) is 1.54. The Balaban J connectivity index is 2.28. The van der Waals surface area contributed by atoms with Gasteiger partial charge in [-0.25, -0.2) is 4.68 Å². The Morgan fingerprint density at radius 1 is 1.06 bits per heavy atom. The minimum atomic E-state index is 0.608. The molecular weight excluding hydrogens is 212 g/mol. The van der Waals surface area contributed by atoms with Gasteiger partial charge in [0.2, 0.25) is 0 Å². The van der Waals surface area contributed by atoms with Crippen molar-refractivity contribution < 1.29 is 0 Å². The molecule has 4 nitrogen and oxygen atoms in total. The lowest BCUT2D eigenvalue weighted by Crippen LogP contribution is -1.95. The number of hydrogen-bond acceptors (Lipinski definition) is 3. The standard InChI is InChI=1S/C13H8N4/c14-9-10-6-7-12-13(8-10)17(16-15-12)11-4-2-1-3-5-11/h1-8H. The molecule has 1 heterocycles. The van der Waals surface area contributed by atoms with E-state index in [0.717, 1.165) is 16.7 Å². The fourth-order valence-electron chi connectivity index (χ4n) is 1.75. The minimum absolute atomic E-state index is 0.608. The van der Waals surface area contributed by atoms with Crippen molar-refractivity contribution in [2.75, 3.05) is 0 Å². The maximum absolute atomic E-state index is 8.90. The number of rotatable bonds is 1. The Morgan fingerprint density at radius 3 is 2.65 bits per heavy atom. The van der Waals surface area contributed by atoms with Crippen LogP contribution in [0.3, 0.4) is 0 Å². The summed E-state index contributed by atoms with van der Waals surface area (Å²) in [4.78, 5) is 0. The highest BCUT2D eigenvalue weighted by atomic mass is 15.4. The zero-order valence-corrected chi connectivity index (χ0v) is 8.91. The van der Waals surface area contributed by atoms with E-state index in [0.29, 0.717) is 5.56 Å². The molecule has 0 N–H and O–H groups in total. The maximum atomic E-state index is 8.90. The Labute approximate surface area is 97.7 Å². The quantitative estimate of drug-likeness (QED) is 0.632. The lowest BCUT2D eigenvalue weighted by molar-refractivity contribution is 0.824. The molecule has 0 saturated carbocycles. The van der Waals surface area contributed by atoms with Crippen LogP contribution in [0.2, 0.25) is 0 Å². The average molecular weight is 220 g/mol. The first kappa shape index (κ1) is 9.55. The fraction of sp³-hybridized carbons (Fsp3) is 0. The summed E-state index contributed by atoms with van der Waals surface area (Å²) in [5.74, 6) is 0. The van der Waals surface area contributed by atoms with E-state index in [1.165, 1.54) is 0 Å². The molecule has 4 heteroatoms. The second kappa shape index (κ2) is 3.72. The maximum Gasteiger partial charge on any atom is 0.113 e. The summed E-state index contributed by atoms with van der Waals surface area (Å²) in [6, 6.07) is 17.2. The Morgan fingerprint density at radius 2 is 1.88 bits per heavy atom. The fourth-order valence-corrected chi connectivity index (χ4v) is 1.75. The summed E-state index contributed by atoms with van der Waals surface area (Å²) in [5, 5.41) is 17.1. The van der Waals surface area contributed by atoms with Crippen molar-refractivity contribution in [2.45, 2.75) is 0 Å². The second-order valence-electron chi connectivity index (χ2n) is 3.65. The average Bonchev–Trinajstić information content (AvgIpc) is 2.82. The monoisotopic (exact) mass is 220 g/mol. The topological polar surface area (TPSA) is 54.5 Å². The number of nitrogens with zero attached hydrogens (tertiary/aromatic N) is 4. The molecule has 0 atom stereocenters. The van der Waals surface area contributed by atoms with Crippen LogP contribution >= 0.6 is 0 Å². The Bertz CT molecular complexity index is 707. The summed E-state index contributed by atoms with van der Waals surface area (Å²) >= 11 is 0. The summed E-state index contributed by atoms with van der Waals surface area (Å²) in [6.07, 6.45) is 0. The van der Waals surface area contributed by atoms with E-state index in [1.807, 2.05) is 30.3 Å². The van der Waals surface area contributed by atoms with Gasteiger partial charge in [-0.05, 0) is 30.3 Å². The highest BCUT2D eigenvalue weighted by Gasteiger charge is 2.06. The predicted molar refractivity (Wildman–Crippen MR) is 63.6 cm³/mol. The van der Waals surface area contributed by atoms with Crippen LogP contribution in [-0.4, -0.2) is 15.0 Å². The smallest absolute Gasteiger partial charge is 0.113 e. The van der Waals surface area contributed by atoms with Gasteiger partial charge in [0, 0.05) is 0 Å². The van der Waals surface area contributed by atoms with Gasteiger partial charge in [-0.15, -0.1) is 5.10 Å². The molecule has 2 aromatic carbocycles. The van der Waals surface area contributed by atoms with Crippen LogP contribution in [0.5, 0.6) is 0 Å². The summed E-state index contributed by atoms with van der Waals surface area (Å²) in [6.45, 7) is 0. The molecule has 0 fully saturated rings. The van der Waals surface area contributed by atoms with Gasteiger partial charge in [-0.1, -0.05) is 23.4 Å². The van der Waals surface area contributed by atoms with E-state index in [4.69, 9.17) is 5.26 Å². The normalized spacial score (nSPS) is 10.3. The largest absolute Gasteiger partial charge is 0.213 e. The Hall–Kier alpha value is -2.67. The van der Waals surface area contributed by atoms with Crippen molar-refractivity contribution in [2.24, 2.45) is 0 Å². The van der Waals surface area contributed by atoms with E-state index >= 15 is 0 Å². The van der Waals surface area contributed by atoms with E-state index in [-0.39, 0.29) is 0 Å². The number of para-hydroxylation sites is 1. The highest BCUT2D eigenvalue weighted by molar-refractivity contribution is 5.77. The van der Waals surface area contributed by atoms with E-state index in [9.17, 15) is 0 Å². The van der Waals surface area contributed by atoms with Crippen molar-refractivity contribution in [3.8, 4) is 11.8 Å². The van der Waals surface area contributed by atoms with Gasteiger partial charge in [0.25, 0.3) is 0 Å². The van der Waals surface area contributed by atoms with Crippen molar-refractivity contribution in [1.29, 1.82) is 5.26 Å². The zero-order valence-electron chi connectivity index (χ0n) is 8.91. The lowest BCUT2D eigenvalue weighted by Gasteiger charge is -2.00. The van der Waals surface area contributed by atoms with E-state index in [1.54, 1.807) is 22.9 Å². The van der Waals surface area contributed by atoms with Crippen LogP contribution in [-0.2, 0) is 0 Å². The molecule has 0 aliphatic rings.